The summed E-state index contributed by atoms with van der Waals surface area (Å²) < 4.78 is 0. The predicted octanol–water partition coefficient (Wildman–Crippen LogP) is 1.72. The fraction of sp³-hybridized carbons (Fsp3) is 0.455. The van der Waals surface area contributed by atoms with Crippen molar-refractivity contribution in [3.05, 3.63) is 21.9 Å². The Morgan fingerprint density at radius 1 is 1.42 bits per heavy atom. The number of nitrogens with zero attached hydrogens (tertiary/aromatic N) is 3. The minimum Gasteiger partial charge on any atom is -0.481 e. The first kappa shape index (κ1) is 14.0. The highest BCUT2D eigenvalue weighted by Crippen LogP contribution is 2.31. The summed E-state index contributed by atoms with van der Waals surface area (Å²) >= 11 is 11.5. The first-order chi connectivity index (χ1) is 8.83. The lowest BCUT2D eigenvalue weighted by Crippen LogP contribution is -2.35. The molecule has 1 unspecified atom stereocenters. The van der Waals surface area contributed by atoms with Crippen LogP contribution in [0.1, 0.15) is 23.7 Å². The van der Waals surface area contributed by atoms with Gasteiger partial charge in [0.2, 0.25) is 0 Å². The van der Waals surface area contributed by atoms with Gasteiger partial charge in [-0.1, -0.05) is 23.2 Å². The molecule has 19 heavy (non-hydrogen) atoms. The van der Waals surface area contributed by atoms with Crippen molar-refractivity contribution in [3.63, 3.8) is 0 Å². The molecule has 0 radical (unpaired) electrons. The predicted molar refractivity (Wildman–Crippen MR) is 68.3 cm³/mol. The summed E-state index contributed by atoms with van der Waals surface area (Å²) in [7, 11) is 0. The van der Waals surface area contributed by atoms with Crippen LogP contribution in [0.25, 0.3) is 0 Å². The van der Waals surface area contributed by atoms with Gasteiger partial charge >= 0.3 is 5.97 Å². The molecular weight excluding hydrogens is 293 g/mol. The maximum Gasteiger partial charge on any atom is 0.311 e. The lowest BCUT2D eigenvalue weighted by Gasteiger charge is -2.20. The van der Waals surface area contributed by atoms with Crippen molar-refractivity contribution in [2.75, 3.05) is 13.1 Å². The van der Waals surface area contributed by atoms with E-state index in [2.05, 4.69) is 10.2 Å². The Hall–Kier alpha value is -1.40. The molecular formula is C11H11Cl2N3O3. The molecule has 8 heteroatoms. The average molecular weight is 304 g/mol. The summed E-state index contributed by atoms with van der Waals surface area (Å²) in [5.41, 5.74) is -0.789. The minimum atomic E-state index is -0.924. The minimum absolute atomic E-state index is 0.0432. The zero-order valence-corrected chi connectivity index (χ0v) is 11.6. The van der Waals surface area contributed by atoms with Gasteiger partial charge in [0, 0.05) is 13.1 Å². The van der Waals surface area contributed by atoms with Gasteiger partial charge in [0.15, 0.2) is 10.3 Å². The van der Waals surface area contributed by atoms with Crippen LogP contribution in [-0.4, -0.2) is 45.2 Å². The smallest absolute Gasteiger partial charge is 0.311 e. The van der Waals surface area contributed by atoms with Gasteiger partial charge in [0.1, 0.15) is 0 Å². The monoisotopic (exact) mass is 303 g/mol. The number of hydrogen-bond donors (Lipinski definition) is 1. The quantitative estimate of drug-likeness (QED) is 0.899. The number of rotatable bonds is 2. The molecule has 102 valence electrons. The van der Waals surface area contributed by atoms with E-state index < -0.39 is 11.4 Å². The van der Waals surface area contributed by atoms with Crippen molar-refractivity contribution in [2.45, 2.75) is 13.3 Å². The Balaban J connectivity index is 2.22. The second-order valence-electron chi connectivity index (χ2n) is 4.71. The molecule has 1 aromatic rings. The highest BCUT2D eigenvalue weighted by Gasteiger charge is 2.42. The molecule has 1 aliphatic rings. The third-order valence-corrected chi connectivity index (χ3v) is 3.69. The molecule has 1 aliphatic heterocycles. The molecule has 2 rings (SSSR count). The van der Waals surface area contributed by atoms with Gasteiger partial charge < -0.3 is 10.0 Å². The highest BCUT2D eigenvalue weighted by molar-refractivity contribution is 6.34. The summed E-state index contributed by atoms with van der Waals surface area (Å²) in [6, 6.07) is 1.33. The third-order valence-electron chi connectivity index (χ3n) is 3.23. The lowest BCUT2D eigenvalue weighted by molar-refractivity contribution is -0.147. The van der Waals surface area contributed by atoms with Gasteiger partial charge in [-0.25, -0.2) is 0 Å². The zero-order valence-electron chi connectivity index (χ0n) is 10.1. The molecule has 1 saturated heterocycles. The summed E-state index contributed by atoms with van der Waals surface area (Å²) in [5, 5.41) is 16.2. The zero-order chi connectivity index (χ0) is 14.2. The molecule has 0 aromatic carbocycles. The number of aromatic nitrogens is 2. The topological polar surface area (TPSA) is 83.4 Å². The number of hydrogen-bond acceptors (Lipinski definition) is 4. The van der Waals surface area contributed by atoms with E-state index in [0.29, 0.717) is 13.0 Å². The normalized spacial score (nSPS) is 22.6. The molecule has 2 heterocycles. The number of halogens is 2. The first-order valence-corrected chi connectivity index (χ1v) is 6.30. The van der Waals surface area contributed by atoms with Crippen molar-refractivity contribution in [2.24, 2.45) is 5.41 Å². The first-order valence-electron chi connectivity index (χ1n) is 5.55. The van der Waals surface area contributed by atoms with Gasteiger partial charge in [-0.3, -0.25) is 9.59 Å². The second-order valence-corrected chi connectivity index (χ2v) is 5.46. The Bertz CT molecular complexity index is 552. The Morgan fingerprint density at radius 3 is 2.68 bits per heavy atom. The third kappa shape index (κ3) is 2.64. The van der Waals surface area contributed by atoms with E-state index in [1.54, 1.807) is 6.92 Å². The van der Waals surface area contributed by atoms with E-state index in [4.69, 9.17) is 28.3 Å². The number of carboxylic acids is 1. The van der Waals surface area contributed by atoms with Crippen LogP contribution < -0.4 is 0 Å². The highest BCUT2D eigenvalue weighted by atomic mass is 35.5. The van der Waals surface area contributed by atoms with E-state index in [9.17, 15) is 9.59 Å². The van der Waals surface area contributed by atoms with Crippen LogP contribution >= 0.6 is 23.2 Å². The number of carbonyl (C=O) groups is 2. The molecule has 0 aliphatic carbocycles. The standard InChI is InChI=1S/C11H11Cl2N3O3/c1-11(10(18)19)2-3-16(5-11)9(17)6-4-7(12)14-15-8(6)13/h4H,2-3,5H2,1H3,(H,18,19). The van der Waals surface area contributed by atoms with Gasteiger partial charge in [-0.15, -0.1) is 10.2 Å². The van der Waals surface area contributed by atoms with Crippen LogP contribution in [0.15, 0.2) is 6.07 Å². The van der Waals surface area contributed by atoms with Gasteiger partial charge in [0.25, 0.3) is 5.91 Å². The number of carboxylic acid groups (broad SMARTS) is 1. The lowest BCUT2D eigenvalue weighted by atomic mass is 9.90. The van der Waals surface area contributed by atoms with Crippen LogP contribution in [0, 0.1) is 5.41 Å². The fourth-order valence-electron chi connectivity index (χ4n) is 1.98. The molecule has 1 fully saturated rings. The molecule has 0 saturated carbocycles. The summed E-state index contributed by atoms with van der Waals surface area (Å²) in [6.07, 6.45) is 0.401. The van der Waals surface area contributed by atoms with Gasteiger partial charge in [-0.05, 0) is 19.4 Å². The van der Waals surface area contributed by atoms with Crippen LogP contribution in [0.4, 0.5) is 0 Å². The van der Waals surface area contributed by atoms with Crippen molar-refractivity contribution in [3.8, 4) is 0 Å². The SMILES string of the molecule is CC1(C(=O)O)CCN(C(=O)c2cc(Cl)nnc2Cl)C1. The van der Waals surface area contributed by atoms with Crippen molar-refractivity contribution in [1.29, 1.82) is 0 Å². The summed E-state index contributed by atoms with van der Waals surface area (Å²) in [5.74, 6) is -1.30. The van der Waals surface area contributed by atoms with Gasteiger partial charge in [0.05, 0.1) is 11.0 Å². The Kier molecular flexibility index (Phi) is 3.64. The molecule has 1 amide bonds. The summed E-state index contributed by atoms with van der Waals surface area (Å²) in [4.78, 5) is 24.8. The van der Waals surface area contributed by atoms with Crippen LogP contribution in [0.5, 0.6) is 0 Å². The molecule has 1 atom stereocenters. The second kappa shape index (κ2) is 4.94. The fourth-order valence-corrected chi connectivity index (χ4v) is 2.30. The van der Waals surface area contributed by atoms with E-state index in [1.165, 1.54) is 11.0 Å². The molecule has 6 nitrogen and oxygen atoms in total. The van der Waals surface area contributed by atoms with E-state index in [-0.39, 0.29) is 28.3 Å². The van der Waals surface area contributed by atoms with E-state index in [0.717, 1.165) is 0 Å². The molecule has 0 spiro atoms. The molecule has 1 N–H and O–H groups in total. The average Bonchev–Trinajstić information content (AvgIpc) is 2.76. The van der Waals surface area contributed by atoms with Crippen LogP contribution in [-0.2, 0) is 4.79 Å². The number of carbonyl (C=O) groups excluding carboxylic acids is 1. The Labute approximate surface area is 119 Å². The van der Waals surface area contributed by atoms with Crippen molar-refractivity contribution in [1.82, 2.24) is 15.1 Å². The van der Waals surface area contributed by atoms with Crippen LogP contribution in [0.3, 0.4) is 0 Å². The maximum atomic E-state index is 12.3. The van der Waals surface area contributed by atoms with Crippen LogP contribution in [0.2, 0.25) is 10.3 Å². The number of aliphatic carboxylic acids is 1. The Morgan fingerprint density at radius 2 is 2.11 bits per heavy atom. The van der Waals surface area contributed by atoms with Gasteiger partial charge in [-0.2, -0.15) is 0 Å². The van der Waals surface area contributed by atoms with E-state index >= 15 is 0 Å². The maximum absolute atomic E-state index is 12.3. The van der Waals surface area contributed by atoms with Crippen molar-refractivity contribution >= 4 is 35.1 Å². The van der Waals surface area contributed by atoms with Crippen molar-refractivity contribution < 1.29 is 14.7 Å². The largest absolute Gasteiger partial charge is 0.481 e. The number of likely N-dealkylation sites (tertiary alicyclic amines) is 1. The molecule has 1 aromatic heterocycles. The molecule has 0 bridgehead atoms. The summed E-state index contributed by atoms with van der Waals surface area (Å²) in [6.45, 7) is 2.11. The number of amides is 1. The van der Waals surface area contributed by atoms with E-state index in [1.807, 2.05) is 0 Å².